The zero-order valence-corrected chi connectivity index (χ0v) is 13.3. The summed E-state index contributed by atoms with van der Waals surface area (Å²) in [5.41, 5.74) is 7.41. The molecule has 1 aromatic carbocycles. The molecule has 108 valence electrons. The predicted molar refractivity (Wildman–Crippen MR) is 84.5 cm³/mol. The summed E-state index contributed by atoms with van der Waals surface area (Å²) in [5.74, 6) is 0.541. The van der Waals surface area contributed by atoms with Gasteiger partial charge in [-0.25, -0.2) is 0 Å². The Labute approximate surface area is 122 Å². The van der Waals surface area contributed by atoms with Crippen LogP contribution < -0.4 is 5.73 Å². The molecule has 0 spiro atoms. The van der Waals surface area contributed by atoms with Gasteiger partial charge in [0.15, 0.2) is 0 Å². The van der Waals surface area contributed by atoms with E-state index < -0.39 is 0 Å². The van der Waals surface area contributed by atoms with Crippen molar-refractivity contribution in [1.82, 2.24) is 4.90 Å². The fourth-order valence-electron chi connectivity index (χ4n) is 2.36. The SMILES string of the molecule is CCC(c1cccc(Cl)c1)N(C)CCC(N)C(C)C. The van der Waals surface area contributed by atoms with Crippen LogP contribution in [0.2, 0.25) is 5.02 Å². The highest BCUT2D eigenvalue weighted by Gasteiger charge is 2.17. The van der Waals surface area contributed by atoms with Crippen LogP contribution in [-0.2, 0) is 0 Å². The standard InChI is InChI=1S/C16H27ClN2/c1-5-16(13-7-6-8-14(17)11-13)19(4)10-9-15(18)12(2)3/h6-8,11-12,15-16H,5,9-10,18H2,1-4H3. The summed E-state index contributed by atoms with van der Waals surface area (Å²) < 4.78 is 0. The van der Waals surface area contributed by atoms with Gasteiger partial charge in [0.1, 0.15) is 0 Å². The van der Waals surface area contributed by atoms with Crippen LogP contribution in [0.15, 0.2) is 24.3 Å². The lowest BCUT2D eigenvalue weighted by Crippen LogP contribution is -2.33. The predicted octanol–water partition coefficient (Wildman–Crippen LogP) is 4.10. The van der Waals surface area contributed by atoms with Crippen molar-refractivity contribution in [3.8, 4) is 0 Å². The second-order valence-electron chi connectivity index (χ2n) is 5.66. The van der Waals surface area contributed by atoms with Gasteiger partial charge in [-0.15, -0.1) is 0 Å². The largest absolute Gasteiger partial charge is 0.327 e. The van der Waals surface area contributed by atoms with E-state index in [4.69, 9.17) is 17.3 Å². The van der Waals surface area contributed by atoms with Crippen LogP contribution >= 0.6 is 11.6 Å². The smallest absolute Gasteiger partial charge is 0.0409 e. The lowest BCUT2D eigenvalue weighted by Gasteiger charge is -2.29. The second-order valence-corrected chi connectivity index (χ2v) is 6.09. The van der Waals surface area contributed by atoms with Crippen molar-refractivity contribution in [3.63, 3.8) is 0 Å². The van der Waals surface area contributed by atoms with Gasteiger partial charge in [-0.2, -0.15) is 0 Å². The maximum Gasteiger partial charge on any atom is 0.0409 e. The van der Waals surface area contributed by atoms with E-state index in [1.54, 1.807) is 0 Å². The minimum Gasteiger partial charge on any atom is -0.327 e. The van der Waals surface area contributed by atoms with Gasteiger partial charge in [0.25, 0.3) is 0 Å². The highest BCUT2D eigenvalue weighted by Crippen LogP contribution is 2.25. The second kappa shape index (κ2) is 7.88. The molecule has 0 heterocycles. The summed E-state index contributed by atoms with van der Waals surface area (Å²) in [6.45, 7) is 7.59. The van der Waals surface area contributed by atoms with Gasteiger partial charge >= 0.3 is 0 Å². The van der Waals surface area contributed by atoms with Gasteiger partial charge in [0.2, 0.25) is 0 Å². The van der Waals surface area contributed by atoms with Crippen molar-refractivity contribution in [2.24, 2.45) is 11.7 Å². The number of hydrogen-bond donors (Lipinski definition) is 1. The number of rotatable bonds is 7. The third-order valence-electron chi connectivity index (χ3n) is 3.82. The highest BCUT2D eigenvalue weighted by molar-refractivity contribution is 6.30. The fraction of sp³-hybridized carbons (Fsp3) is 0.625. The van der Waals surface area contributed by atoms with Crippen molar-refractivity contribution in [3.05, 3.63) is 34.9 Å². The topological polar surface area (TPSA) is 29.3 Å². The summed E-state index contributed by atoms with van der Waals surface area (Å²) >= 11 is 6.08. The lowest BCUT2D eigenvalue weighted by molar-refractivity contribution is 0.224. The van der Waals surface area contributed by atoms with E-state index in [0.29, 0.717) is 12.0 Å². The van der Waals surface area contributed by atoms with Crippen LogP contribution in [-0.4, -0.2) is 24.5 Å². The molecule has 0 saturated heterocycles. The Kier molecular flexibility index (Phi) is 6.84. The molecule has 2 N–H and O–H groups in total. The Balaban J connectivity index is 2.64. The van der Waals surface area contributed by atoms with Gasteiger partial charge in [-0.1, -0.05) is 44.5 Å². The maximum atomic E-state index is 6.12. The van der Waals surface area contributed by atoms with E-state index in [9.17, 15) is 0 Å². The van der Waals surface area contributed by atoms with Crippen LogP contribution in [0.3, 0.4) is 0 Å². The van der Waals surface area contributed by atoms with Crippen molar-refractivity contribution in [2.75, 3.05) is 13.6 Å². The maximum absolute atomic E-state index is 6.12. The Morgan fingerprint density at radius 3 is 2.53 bits per heavy atom. The number of halogens is 1. The fourth-order valence-corrected chi connectivity index (χ4v) is 2.56. The monoisotopic (exact) mass is 282 g/mol. The van der Waals surface area contributed by atoms with Crippen LogP contribution in [0.25, 0.3) is 0 Å². The van der Waals surface area contributed by atoms with Crippen molar-refractivity contribution >= 4 is 11.6 Å². The Morgan fingerprint density at radius 2 is 2.00 bits per heavy atom. The number of benzene rings is 1. The van der Waals surface area contributed by atoms with Gasteiger partial charge in [0.05, 0.1) is 0 Å². The number of nitrogens with zero attached hydrogens (tertiary/aromatic N) is 1. The molecule has 0 aliphatic carbocycles. The van der Waals surface area contributed by atoms with Crippen LogP contribution in [0.5, 0.6) is 0 Å². The third-order valence-corrected chi connectivity index (χ3v) is 4.06. The van der Waals surface area contributed by atoms with Crippen LogP contribution in [0.4, 0.5) is 0 Å². The molecule has 1 rings (SSSR count). The Hall–Kier alpha value is -0.570. The van der Waals surface area contributed by atoms with Gasteiger partial charge in [0, 0.05) is 17.1 Å². The van der Waals surface area contributed by atoms with Crippen molar-refractivity contribution < 1.29 is 0 Å². The first-order valence-corrected chi connectivity index (χ1v) is 7.54. The molecule has 2 unspecified atom stereocenters. The molecule has 0 aliphatic rings. The van der Waals surface area contributed by atoms with E-state index in [0.717, 1.165) is 24.4 Å². The molecule has 2 atom stereocenters. The molecule has 0 saturated carbocycles. The van der Waals surface area contributed by atoms with Crippen LogP contribution in [0, 0.1) is 5.92 Å². The van der Waals surface area contributed by atoms with Crippen molar-refractivity contribution in [1.29, 1.82) is 0 Å². The molecule has 19 heavy (non-hydrogen) atoms. The number of nitrogens with two attached hydrogens (primary N) is 1. The third kappa shape index (κ3) is 5.13. The van der Waals surface area contributed by atoms with Crippen LogP contribution in [0.1, 0.15) is 45.2 Å². The summed E-state index contributed by atoms with van der Waals surface area (Å²) in [7, 11) is 2.17. The zero-order valence-electron chi connectivity index (χ0n) is 12.6. The quantitative estimate of drug-likeness (QED) is 0.816. The van der Waals surface area contributed by atoms with E-state index in [2.05, 4.69) is 44.9 Å². The van der Waals surface area contributed by atoms with E-state index in [-0.39, 0.29) is 6.04 Å². The summed E-state index contributed by atoms with van der Waals surface area (Å²) in [4.78, 5) is 2.38. The molecule has 0 radical (unpaired) electrons. The van der Waals surface area contributed by atoms with Gasteiger partial charge < -0.3 is 5.73 Å². The molecule has 0 bridgehead atoms. The minimum absolute atomic E-state index is 0.277. The Bertz CT molecular complexity index is 379. The van der Waals surface area contributed by atoms with Gasteiger partial charge in [-0.3, -0.25) is 4.90 Å². The Morgan fingerprint density at radius 1 is 1.32 bits per heavy atom. The number of hydrogen-bond acceptors (Lipinski definition) is 2. The van der Waals surface area contributed by atoms with Gasteiger partial charge in [-0.05, 0) is 50.0 Å². The molecule has 0 aromatic heterocycles. The average molecular weight is 283 g/mol. The first kappa shape index (κ1) is 16.5. The average Bonchev–Trinajstić information content (AvgIpc) is 2.36. The molecule has 3 heteroatoms. The minimum atomic E-state index is 0.277. The lowest BCUT2D eigenvalue weighted by atomic mass is 10.00. The zero-order chi connectivity index (χ0) is 14.4. The molecular formula is C16H27ClN2. The van der Waals surface area contributed by atoms with E-state index in [1.165, 1.54) is 5.56 Å². The van der Waals surface area contributed by atoms with E-state index in [1.807, 2.05) is 12.1 Å². The molecule has 1 aromatic rings. The first-order chi connectivity index (χ1) is 8.95. The molecule has 2 nitrogen and oxygen atoms in total. The normalized spacial score (nSPS) is 14.9. The molecule has 0 aliphatic heterocycles. The molecular weight excluding hydrogens is 256 g/mol. The summed E-state index contributed by atoms with van der Waals surface area (Å²) in [5, 5.41) is 0.809. The molecule has 0 amide bonds. The summed E-state index contributed by atoms with van der Waals surface area (Å²) in [6, 6.07) is 8.85. The summed E-state index contributed by atoms with van der Waals surface area (Å²) in [6.07, 6.45) is 2.11. The molecule has 0 fully saturated rings. The first-order valence-electron chi connectivity index (χ1n) is 7.17. The van der Waals surface area contributed by atoms with E-state index >= 15 is 0 Å². The van der Waals surface area contributed by atoms with Crippen molar-refractivity contribution in [2.45, 2.75) is 45.7 Å². The highest BCUT2D eigenvalue weighted by atomic mass is 35.5.